The Morgan fingerprint density at radius 2 is 2.24 bits per heavy atom. The van der Waals surface area contributed by atoms with E-state index < -0.39 is 0 Å². The van der Waals surface area contributed by atoms with E-state index in [9.17, 15) is 4.79 Å². The summed E-state index contributed by atoms with van der Waals surface area (Å²) in [6.07, 6.45) is 1.74. The molecule has 92 valence electrons. The van der Waals surface area contributed by atoms with Crippen LogP contribution in [0.4, 0.5) is 0 Å². The van der Waals surface area contributed by atoms with Gasteiger partial charge in [-0.2, -0.15) is 0 Å². The van der Waals surface area contributed by atoms with Gasteiger partial charge in [-0.25, -0.2) is 9.48 Å². The Morgan fingerprint density at radius 3 is 2.94 bits per heavy atom. The van der Waals surface area contributed by atoms with Crippen LogP contribution in [-0.4, -0.2) is 27.3 Å². The first-order chi connectivity index (χ1) is 8.18. The molecule has 0 aliphatic carbocycles. The van der Waals surface area contributed by atoms with Crippen molar-refractivity contribution in [3.63, 3.8) is 0 Å². The molecule has 1 N–H and O–H groups in total. The summed E-state index contributed by atoms with van der Waals surface area (Å²) < 4.78 is 3.06. The quantitative estimate of drug-likeness (QED) is 0.776. The van der Waals surface area contributed by atoms with E-state index in [-0.39, 0.29) is 5.69 Å². The van der Waals surface area contributed by atoms with Crippen LogP contribution in [0.3, 0.4) is 0 Å². The molecule has 5 nitrogen and oxygen atoms in total. The minimum absolute atomic E-state index is 0.0769. The van der Waals surface area contributed by atoms with Crippen molar-refractivity contribution in [1.82, 2.24) is 19.5 Å². The second kappa shape index (κ2) is 5.14. The zero-order chi connectivity index (χ0) is 12.3. The fraction of sp³-hybridized carbons (Fsp3) is 0.500. The number of nitrogens with one attached hydrogen (secondary N) is 1. The summed E-state index contributed by atoms with van der Waals surface area (Å²) in [7, 11) is 0. The number of pyridine rings is 1. The lowest BCUT2D eigenvalue weighted by Gasteiger charge is -2.06. The van der Waals surface area contributed by atoms with Crippen molar-refractivity contribution in [3.8, 4) is 0 Å². The summed E-state index contributed by atoms with van der Waals surface area (Å²) in [5.41, 5.74) is 0.619. The van der Waals surface area contributed by atoms with Crippen LogP contribution in [0.2, 0.25) is 0 Å². The maximum atomic E-state index is 11.9. The van der Waals surface area contributed by atoms with E-state index >= 15 is 0 Å². The Hall–Kier alpha value is -1.62. The molecule has 17 heavy (non-hydrogen) atoms. The molecule has 2 heterocycles. The van der Waals surface area contributed by atoms with Gasteiger partial charge in [0.2, 0.25) is 0 Å². The Bertz CT molecular complexity index is 541. The minimum Gasteiger partial charge on any atom is -0.315 e. The van der Waals surface area contributed by atoms with Crippen molar-refractivity contribution in [3.05, 3.63) is 34.9 Å². The molecule has 5 heteroatoms. The SMILES string of the molecule is CC(C)CNCCn1nc2ccccn2c1=O. The summed E-state index contributed by atoms with van der Waals surface area (Å²) >= 11 is 0. The highest BCUT2D eigenvalue weighted by atomic mass is 16.2. The normalized spacial score (nSPS) is 11.5. The molecule has 0 unspecified atom stereocenters. The van der Waals surface area contributed by atoms with Crippen LogP contribution in [0.15, 0.2) is 29.2 Å². The standard InChI is InChI=1S/C12H18N4O/c1-10(2)9-13-6-8-16-12(17)15-7-4-3-5-11(15)14-16/h3-5,7,10,13H,6,8-9H2,1-2H3. The van der Waals surface area contributed by atoms with Gasteiger partial charge in [0.1, 0.15) is 0 Å². The van der Waals surface area contributed by atoms with Crippen LogP contribution in [-0.2, 0) is 6.54 Å². The first-order valence-corrected chi connectivity index (χ1v) is 5.93. The molecule has 2 rings (SSSR count). The molecule has 0 aliphatic rings. The molecule has 0 saturated carbocycles. The average molecular weight is 234 g/mol. The van der Waals surface area contributed by atoms with Gasteiger partial charge < -0.3 is 5.32 Å². The molecule has 0 aliphatic heterocycles. The second-order valence-electron chi connectivity index (χ2n) is 4.53. The van der Waals surface area contributed by atoms with Crippen molar-refractivity contribution >= 4 is 5.65 Å². The van der Waals surface area contributed by atoms with E-state index in [2.05, 4.69) is 24.3 Å². The van der Waals surface area contributed by atoms with Crippen LogP contribution in [0.1, 0.15) is 13.8 Å². The molecule has 0 spiro atoms. The van der Waals surface area contributed by atoms with Crippen LogP contribution < -0.4 is 11.0 Å². The van der Waals surface area contributed by atoms with Gasteiger partial charge in [-0.05, 0) is 24.6 Å². The summed E-state index contributed by atoms with van der Waals surface area (Å²) in [5, 5.41) is 7.55. The van der Waals surface area contributed by atoms with E-state index in [1.54, 1.807) is 10.6 Å². The first-order valence-electron chi connectivity index (χ1n) is 5.93. The van der Waals surface area contributed by atoms with Gasteiger partial charge in [0.15, 0.2) is 5.65 Å². The molecule has 0 fully saturated rings. The van der Waals surface area contributed by atoms with Gasteiger partial charge in [0.25, 0.3) is 0 Å². The maximum Gasteiger partial charge on any atom is 0.350 e. The average Bonchev–Trinajstić information content (AvgIpc) is 2.63. The summed E-state index contributed by atoms with van der Waals surface area (Å²) in [6, 6.07) is 5.54. The Morgan fingerprint density at radius 1 is 1.41 bits per heavy atom. The number of hydrogen-bond acceptors (Lipinski definition) is 3. The highest BCUT2D eigenvalue weighted by molar-refractivity contribution is 5.35. The lowest BCUT2D eigenvalue weighted by atomic mass is 10.2. The highest BCUT2D eigenvalue weighted by Gasteiger charge is 2.04. The minimum atomic E-state index is -0.0769. The van der Waals surface area contributed by atoms with Crippen molar-refractivity contribution in [2.45, 2.75) is 20.4 Å². The molecule has 0 bridgehead atoms. The smallest absolute Gasteiger partial charge is 0.315 e. The van der Waals surface area contributed by atoms with E-state index in [0.29, 0.717) is 18.1 Å². The number of aromatic nitrogens is 3. The molecular weight excluding hydrogens is 216 g/mol. The molecule has 0 saturated heterocycles. The molecular formula is C12H18N4O. The van der Waals surface area contributed by atoms with E-state index in [1.807, 2.05) is 18.2 Å². The number of fused-ring (bicyclic) bond motifs is 1. The fourth-order valence-corrected chi connectivity index (χ4v) is 1.69. The van der Waals surface area contributed by atoms with Gasteiger partial charge in [-0.1, -0.05) is 19.9 Å². The number of rotatable bonds is 5. The summed E-state index contributed by atoms with van der Waals surface area (Å²) in [5.74, 6) is 0.618. The van der Waals surface area contributed by atoms with Crippen LogP contribution in [0.5, 0.6) is 0 Å². The molecule has 0 amide bonds. The highest BCUT2D eigenvalue weighted by Crippen LogP contribution is 1.94. The van der Waals surface area contributed by atoms with Crippen LogP contribution in [0.25, 0.3) is 5.65 Å². The zero-order valence-corrected chi connectivity index (χ0v) is 10.3. The predicted molar refractivity (Wildman–Crippen MR) is 67.2 cm³/mol. The van der Waals surface area contributed by atoms with Crippen molar-refractivity contribution in [1.29, 1.82) is 0 Å². The lowest BCUT2D eigenvalue weighted by molar-refractivity contribution is 0.499. The van der Waals surface area contributed by atoms with Crippen LogP contribution in [0, 0.1) is 5.92 Å². The molecule has 0 aromatic carbocycles. The summed E-state index contributed by atoms with van der Waals surface area (Å²) in [4.78, 5) is 11.9. The summed E-state index contributed by atoms with van der Waals surface area (Å²) in [6.45, 7) is 6.64. The van der Waals surface area contributed by atoms with E-state index in [1.165, 1.54) is 4.68 Å². The van der Waals surface area contributed by atoms with Gasteiger partial charge in [0, 0.05) is 12.7 Å². The molecule has 2 aromatic heterocycles. The molecule has 0 atom stereocenters. The lowest BCUT2D eigenvalue weighted by Crippen LogP contribution is -2.29. The van der Waals surface area contributed by atoms with Crippen molar-refractivity contribution in [2.75, 3.05) is 13.1 Å². The van der Waals surface area contributed by atoms with Crippen LogP contribution >= 0.6 is 0 Å². The molecule has 2 aromatic rings. The zero-order valence-electron chi connectivity index (χ0n) is 10.3. The Kier molecular flexibility index (Phi) is 3.58. The third-order valence-corrected chi connectivity index (χ3v) is 2.54. The van der Waals surface area contributed by atoms with Gasteiger partial charge >= 0.3 is 5.69 Å². The maximum absolute atomic E-state index is 11.9. The number of hydrogen-bond donors (Lipinski definition) is 1. The molecule has 0 radical (unpaired) electrons. The van der Waals surface area contributed by atoms with Crippen molar-refractivity contribution in [2.24, 2.45) is 5.92 Å². The largest absolute Gasteiger partial charge is 0.350 e. The predicted octanol–water partition coefficient (Wildman–Crippen LogP) is 0.742. The third-order valence-electron chi connectivity index (χ3n) is 2.54. The van der Waals surface area contributed by atoms with E-state index in [4.69, 9.17) is 0 Å². The third kappa shape index (κ3) is 2.74. The Labute approximate surface area is 100 Å². The van der Waals surface area contributed by atoms with Gasteiger partial charge in [-0.3, -0.25) is 4.40 Å². The van der Waals surface area contributed by atoms with Gasteiger partial charge in [-0.15, -0.1) is 5.10 Å². The monoisotopic (exact) mass is 234 g/mol. The topological polar surface area (TPSA) is 51.3 Å². The first kappa shape index (κ1) is 11.9. The number of nitrogens with zero attached hydrogens (tertiary/aromatic N) is 3. The van der Waals surface area contributed by atoms with Crippen molar-refractivity contribution < 1.29 is 0 Å². The second-order valence-corrected chi connectivity index (χ2v) is 4.53. The van der Waals surface area contributed by atoms with Gasteiger partial charge in [0.05, 0.1) is 6.54 Å². The Balaban J connectivity index is 2.04. The fourth-order valence-electron chi connectivity index (χ4n) is 1.69. The van der Waals surface area contributed by atoms with E-state index in [0.717, 1.165) is 13.1 Å².